The molecule has 0 aromatic heterocycles. The first-order valence-corrected chi connectivity index (χ1v) is 10.5. The number of hydrogen-bond acceptors (Lipinski definition) is 3. The maximum absolute atomic E-state index is 12.8. The number of rotatable bonds is 10. The molecule has 2 rings (SSSR count). The molecule has 0 spiro atoms. The highest BCUT2D eigenvalue weighted by atomic mass is 16.6. The predicted octanol–water partition coefficient (Wildman–Crippen LogP) is 5.45. The Hall–Kier alpha value is -1.81. The van der Waals surface area contributed by atoms with Gasteiger partial charge in [0.05, 0.1) is 6.10 Å². The van der Waals surface area contributed by atoms with Crippen LogP contribution in [0.3, 0.4) is 0 Å². The topological polar surface area (TPSA) is 49.8 Å². The molecule has 1 N–H and O–H groups in total. The smallest absolute Gasteiger partial charge is 0.410 e. The van der Waals surface area contributed by atoms with E-state index in [9.17, 15) is 9.90 Å². The van der Waals surface area contributed by atoms with Crippen LogP contribution < -0.4 is 0 Å². The van der Waals surface area contributed by atoms with Crippen molar-refractivity contribution in [1.29, 1.82) is 0 Å². The quantitative estimate of drug-likeness (QED) is 0.555. The number of nitrogens with zero attached hydrogens (tertiary/aromatic N) is 1. The number of unbranched alkanes of at least 4 members (excludes halogenated alkanes) is 1. The summed E-state index contributed by atoms with van der Waals surface area (Å²) < 4.78 is 5.63. The van der Waals surface area contributed by atoms with Crippen LogP contribution in [-0.4, -0.2) is 34.3 Å². The maximum Gasteiger partial charge on any atom is 0.410 e. The van der Waals surface area contributed by atoms with E-state index in [2.05, 4.69) is 13.8 Å². The molecule has 3 atom stereocenters. The molecule has 2 unspecified atom stereocenters. The summed E-state index contributed by atoms with van der Waals surface area (Å²) in [6, 6.07) is 10.3. The second kappa shape index (κ2) is 11.8. The Kier molecular flexibility index (Phi) is 9.40. The normalized spacial score (nSPS) is 20.9. The lowest BCUT2D eigenvalue weighted by molar-refractivity contribution is 0.0766. The van der Waals surface area contributed by atoms with E-state index >= 15 is 0 Å². The molecule has 4 nitrogen and oxygen atoms in total. The summed E-state index contributed by atoms with van der Waals surface area (Å²) in [4.78, 5) is 14.8. The van der Waals surface area contributed by atoms with Gasteiger partial charge in [0.25, 0.3) is 0 Å². The molecular weight excluding hydrogens is 338 g/mol. The van der Waals surface area contributed by atoms with Crippen molar-refractivity contribution in [2.75, 3.05) is 0 Å². The molecule has 1 saturated heterocycles. The molecule has 27 heavy (non-hydrogen) atoms. The van der Waals surface area contributed by atoms with E-state index < -0.39 is 0 Å². The fourth-order valence-electron chi connectivity index (χ4n) is 3.79. The monoisotopic (exact) mass is 373 g/mol. The Labute approximate surface area is 164 Å². The summed E-state index contributed by atoms with van der Waals surface area (Å²) in [5.41, 5.74) is 1.01. The van der Waals surface area contributed by atoms with Crippen molar-refractivity contribution in [2.24, 2.45) is 0 Å². The predicted molar refractivity (Wildman–Crippen MR) is 109 cm³/mol. The van der Waals surface area contributed by atoms with Crippen molar-refractivity contribution in [3.8, 4) is 0 Å². The molecular formula is C23H35NO3. The van der Waals surface area contributed by atoms with Crippen LogP contribution >= 0.6 is 0 Å². The zero-order chi connectivity index (χ0) is 19.5. The minimum absolute atomic E-state index is 0.167. The Morgan fingerprint density at radius 1 is 1.22 bits per heavy atom. The van der Waals surface area contributed by atoms with E-state index in [1.54, 1.807) is 0 Å². The van der Waals surface area contributed by atoms with Gasteiger partial charge in [0.1, 0.15) is 6.61 Å². The number of aliphatic hydroxyl groups is 1. The van der Waals surface area contributed by atoms with Gasteiger partial charge in [-0.15, -0.1) is 0 Å². The average molecular weight is 374 g/mol. The Morgan fingerprint density at radius 2 is 1.96 bits per heavy atom. The van der Waals surface area contributed by atoms with Crippen LogP contribution in [0.2, 0.25) is 0 Å². The van der Waals surface area contributed by atoms with Crippen LogP contribution in [0, 0.1) is 0 Å². The summed E-state index contributed by atoms with van der Waals surface area (Å²) in [6.07, 6.45) is 11.2. The minimum atomic E-state index is -0.384. The number of likely N-dealkylation sites (tertiary alicyclic amines) is 1. The molecule has 0 aliphatic carbocycles. The molecule has 0 bridgehead atoms. The Balaban J connectivity index is 1.96. The zero-order valence-electron chi connectivity index (χ0n) is 16.8. The van der Waals surface area contributed by atoms with Gasteiger partial charge in [0, 0.05) is 12.1 Å². The molecule has 1 amide bonds. The van der Waals surface area contributed by atoms with Gasteiger partial charge >= 0.3 is 6.09 Å². The first-order valence-electron chi connectivity index (χ1n) is 10.5. The van der Waals surface area contributed by atoms with Gasteiger partial charge in [0.15, 0.2) is 0 Å². The molecule has 1 aromatic carbocycles. The Morgan fingerprint density at radius 3 is 2.67 bits per heavy atom. The molecule has 1 fully saturated rings. The first kappa shape index (κ1) is 21.5. The second-order valence-electron chi connectivity index (χ2n) is 7.49. The third-order valence-electron chi connectivity index (χ3n) is 5.28. The Bertz CT molecular complexity index is 572. The fourth-order valence-corrected chi connectivity index (χ4v) is 3.79. The van der Waals surface area contributed by atoms with E-state index in [-0.39, 0.29) is 24.3 Å². The summed E-state index contributed by atoms with van der Waals surface area (Å²) in [7, 11) is 0. The van der Waals surface area contributed by atoms with Gasteiger partial charge in [-0.1, -0.05) is 75.6 Å². The molecule has 1 heterocycles. The van der Waals surface area contributed by atoms with Crippen LogP contribution in [-0.2, 0) is 11.3 Å². The molecule has 1 aliphatic heterocycles. The lowest BCUT2D eigenvalue weighted by Gasteiger charge is -2.29. The van der Waals surface area contributed by atoms with E-state index in [4.69, 9.17) is 4.74 Å². The van der Waals surface area contributed by atoms with Crippen molar-refractivity contribution in [2.45, 2.75) is 90.0 Å². The van der Waals surface area contributed by atoms with Crippen LogP contribution in [0.5, 0.6) is 0 Å². The number of ether oxygens (including phenoxy) is 1. The minimum Gasteiger partial charge on any atom is -0.445 e. The van der Waals surface area contributed by atoms with E-state index in [0.29, 0.717) is 6.61 Å². The highest BCUT2D eigenvalue weighted by Gasteiger charge is 2.36. The van der Waals surface area contributed by atoms with Gasteiger partial charge < -0.3 is 14.7 Å². The van der Waals surface area contributed by atoms with Crippen LogP contribution in [0.4, 0.5) is 4.79 Å². The SMILES string of the molecule is CCCC[C@@H]1CCC(C/C=C/C(O)CCC)N1C(=O)OCc1ccccc1. The van der Waals surface area contributed by atoms with Crippen LogP contribution in [0.25, 0.3) is 0 Å². The van der Waals surface area contributed by atoms with E-state index in [1.165, 1.54) is 0 Å². The van der Waals surface area contributed by atoms with Crippen molar-refractivity contribution in [1.82, 2.24) is 4.90 Å². The standard InChI is InChI=1S/C23H35NO3/c1-3-5-13-20-16-17-21(14-9-15-22(25)10-4-2)24(20)23(26)27-18-19-11-7-6-8-12-19/h6-9,11-12,15,20-22,25H,3-5,10,13-14,16-18H2,1-2H3/b15-9+/t20-,21?,22?/m1/s1. The van der Waals surface area contributed by atoms with Crippen molar-refractivity contribution in [3.63, 3.8) is 0 Å². The van der Waals surface area contributed by atoms with Gasteiger partial charge in [0.2, 0.25) is 0 Å². The fraction of sp³-hybridized carbons (Fsp3) is 0.609. The summed E-state index contributed by atoms with van der Waals surface area (Å²) in [5.74, 6) is 0. The molecule has 0 saturated carbocycles. The lowest BCUT2D eigenvalue weighted by Crippen LogP contribution is -2.41. The number of amides is 1. The van der Waals surface area contributed by atoms with Crippen molar-refractivity contribution < 1.29 is 14.6 Å². The molecule has 0 radical (unpaired) electrons. The molecule has 1 aliphatic rings. The number of hydrogen-bond donors (Lipinski definition) is 1. The van der Waals surface area contributed by atoms with Crippen LogP contribution in [0.1, 0.15) is 70.8 Å². The number of aliphatic hydroxyl groups excluding tert-OH is 1. The van der Waals surface area contributed by atoms with Gasteiger partial charge in [-0.3, -0.25) is 0 Å². The van der Waals surface area contributed by atoms with Crippen LogP contribution in [0.15, 0.2) is 42.5 Å². The van der Waals surface area contributed by atoms with Crippen molar-refractivity contribution in [3.05, 3.63) is 48.0 Å². The number of carbonyl (C=O) groups is 1. The number of benzene rings is 1. The van der Waals surface area contributed by atoms with Crippen molar-refractivity contribution >= 4 is 6.09 Å². The first-order chi connectivity index (χ1) is 13.2. The van der Waals surface area contributed by atoms with Gasteiger partial charge in [-0.25, -0.2) is 4.79 Å². The molecule has 1 aromatic rings. The average Bonchev–Trinajstić information content (AvgIpc) is 3.08. The molecule has 150 valence electrons. The second-order valence-corrected chi connectivity index (χ2v) is 7.49. The largest absolute Gasteiger partial charge is 0.445 e. The third-order valence-corrected chi connectivity index (χ3v) is 5.28. The molecule has 4 heteroatoms. The highest BCUT2D eigenvalue weighted by molar-refractivity contribution is 5.69. The summed E-state index contributed by atoms with van der Waals surface area (Å²) in [6.45, 7) is 4.56. The summed E-state index contributed by atoms with van der Waals surface area (Å²) >= 11 is 0. The van der Waals surface area contributed by atoms with Gasteiger partial charge in [-0.2, -0.15) is 0 Å². The highest BCUT2D eigenvalue weighted by Crippen LogP contribution is 2.31. The lowest BCUT2D eigenvalue weighted by atomic mass is 10.1. The van der Waals surface area contributed by atoms with Gasteiger partial charge in [-0.05, 0) is 37.7 Å². The van der Waals surface area contributed by atoms with E-state index in [1.807, 2.05) is 47.4 Å². The summed E-state index contributed by atoms with van der Waals surface area (Å²) in [5, 5.41) is 9.88. The number of carbonyl (C=O) groups excluding carboxylic acids is 1. The zero-order valence-corrected chi connectivity index (χ0v) is 16.8. The third kappa shape index (κ3) is 7.02. The maximum atomic E-state index is 12.8. The van der Waals surface area contributed by atoms with E-state index in [0.717, 1.165) is 56.9 Å².